The van der Waals surface area contributed by atoms with E-state index in [-0.39, 0.29) is 42.0 Å². The minimum Gasteiger partial charge on any atom is -0.377 e. The number of ether oxygens (including phenoxy) is 4. The largest absolute Gasteiger partial charge is 0.377 e. The van der Waals surface area contributed by atoms with Crippen molar-refractivity contribution in [2.45, 2.75) is 167 Å². The summed E-state index contributed by atoms with van der Waals surface area (Å²) in [5, 5.41) is 6.25. The lowest BCUT2D eigenvalue weighted by Crippen LogP contribution is -2.60. The van der Waals surface area contributed by atoms with Gasteiger partial charge in [0.2, 0.25) is 23.6 Å². The van der Waals surface area contributed by atoms with E-state index < -0.39 is 0 Å². The Hall–Kier alpha value is -2.28. The molecule has 5 fully saturated rings. The van der Waals surface area contributed by atoms with Gasteiger partial charge in [-0.25, -0.2) is 0 Å². The van der Waals surface area contributed by atoms with E-state index in [9.17, 15) is 19.2 Å². The Labute approximate surface area is 351 Å². The predicted molar refractivity (Wildman–Crippen MR) is 227 cm³/mol. The van der Waals surface area contributed by atoms with E-state index in [0.717, 1.165) is 49.9 Å². The van der Waals surface area contributed by atoms with Crippen molar-refractivity contribution in [3.8, 4) is 0 Å². The molecule has 1 saturated heterocycles. The number of carbonyl (C=O) groups excluding carboxylic acids is 4. The Balaban J connectivity index is 1.02. The molecule has 334 valence electrons. The van der Waals surface area contributed by atoms with Crippen LogP contribution in [0.25, 0.3) is 0 Å². The van der Waals surface area contributed by atoms with Crippen LogP contribution in [0.5, 0.6) is 0 Å². The lowest BCUT2D eigenvalue weighted by molar-refractivity contribution is -0.140. The fourth-order valence-corrected chi connectivity index (χ4v) is 10.1. The quantitative estimate of drug-likeness (QED) is 0.0885. The molecule has 58 heavy (non-hydrogen) atoms. The first-order valence-corrected chi connectivity index (χ1v) is 23.8. The highest BCUT2D eigenvalue weighted by atomic mass is 16.5. The first kappa shape index (κ1) is 48.4. The Bertz CT molecular complexity index is 1120. The monoisotopic (exact) mass is 819 g/mol. The SMILES string of the molecule is CCCCCCCCCCCCCCCCCCNC(=O)CC(=O)N1CCOCCOCCN(C(=O)CC(=O)NC23CC4CC(CC(C4)C2)C3)CCOCCOCC1. The molecule has 0 atom stereocenters. The van der Waals surface area contributed by atoms with Crippen LogP contribution in [0.4, 0.5) is 0 Å². The number of hydrogen-bond acceptors (Lipinski definition) is 8. The minimum atomic E-state index is -0.246. The second kappa shape index (κ2) is 29.1. The van der Waals surface area contributed by atoms with E-state index >= 15 is 0 Å². The highest BCUT2D eigenvalue weighted by Gasteiger charge is 2.51. The normalized spacial score (nSPS) is 24.9. The Morgan fingerprint density at radius 3 is 1.21 bits per heavy atom. The van der Waals surface area contributed by atoms with Crippen molar-refractivity contribution in [1.29, 1.82) is 0 Å². The lowest BCUT2D eigenvalue weighted by Gasteiger charge is -2.56. The van der Waals surface area contributed by atoms with Crippen LogP contribution in [0.15, 0.2) is 0 Å². The van der Waals surface area contributed by atoms with Crippen molar-refractivity contribution in [2.24, 2.45) is 17.8 Å². The number of rotatable bonds is 22. The molecule has 1 aliphatic heterocycles. The average molecular weight is 819 g/mol. The molecule has 4 aliphatic carbocycles. The first-order chi connectivity index (χ1) is 28.4. The molecule has 5 rings (SSSR count). The van der Waals surface area contributed by atoms with Crippen molar-refractivity contribution < 1.29 is 38.1 Å². The van der Waals surface area contributed by atoms with E-state index in [0.29, 0.717) is 85.6 Å². The molecule has 1 heterocycles. The summed E-state index contributed by atoms with van der Waals surface area (Å²) in [6, 6.07) is 0. The molecular formula is C46H82N4O8. The van der Waals surface area contributed by atoms with Gasteiger partial charge in [-0.1, -0.05) is 103 Å². The summed E-state index contributed by atoms with van der Waals surface area (Å²) in [5.74, 6) is 1.29. The number of hydrogen-bond donors (Lipinski definition) is 2. The zero-order chi connectivity index (χ0) is 41.1. The third-order valence-electron chi connectivity index (χ3n) is 12.9. The van der Waals surface area contributed by atoms with Crippen LogP contribution in [-0.2, 0) is 38.1 Å². The predicted octanol–water partition coefficient (Wildman–Crippen LogP) is 6.97. The van der Waals surface area contributed by atoms with Gasteiger partial charge in [-0.15, -0.1) is 0 Å². The van der Waals surface area contributed by atoms with E-state index in [4.69, 9.17) is 18.9 Å². The van der Waals surface area contributed by atoms with Crippen LogP contribution in [-0.4, -0.2) is 125 Å². The zero-order valence-electron chi connectivity index (χ0n) is 36.6. The van der Waals surface area contributed by atoms with Crippen LogP contribution in [0.1, 0.15) is 161 Å². The second-order valence-corrected chi connectivity index (χ2v) is 18.0. The molecular weight excluding hydrogens is 737 g/mol. The fourth-order valence-electron chi connectivity index (χ4n) is 10.1. The summed E-state index contributed by atoms with van der Waals surface area (Å²) < 4.78 is 23.1. The van der Waals surface area contributed by atoms with Gasteiger partial charge in [0.1, 0.15) is 12.8 Å². The zero-order valence-corrected chi connectivity index (χ0v) is 36.6. The summed E-state index contributed by atoms with van der Waals surface area (Å²) in [6.45, 7) is 6.86. The molecule has 4 saturated carbocycles. The first-order valence-electron chi connectivity index (χ1n) is 23.8. The number of nitrogens with one attached hydrogen (secondary N) is 2. The Kier molecular flexibility index (Phi) is 24.2. The van der Waals surface area contributed by atoms with Crippen molar-refractivity contribution in [3.05, 3.63) is 0 Å². The smallest absolute Gasteiger partial charge is 0.232 e. The van der Waals surface area contributed by atoms with Gasteiger partial charge in [-0.05, 0) is 62.7 Å². The van der Waals surface area contributed by atoms with Gasteiger partial charge in [-0.3, -0.25) is 19.2 Å². The number of amides is 4. The van der Waals surface area contributed by atoms with Crippen molar-refractivity contribution in [3.63, 3.8) is 0 Å². The van der Waals surface area contributed by atoms with Crippen LogP contribution >= 0.6 is 0 Å². The summed E-state index contributed by atoms with van der Waals surface area (Å²) in [6.07, 6.45) is 27.7. The summed E-state index contributed by atoms with van der Waals surface area (Å²) >= 11 is 0. The highest BCUT2D eigenvalue weighted by molar-refractivity contribution is 5.97. The third kappa shape index (κ3) is 19.9. The minimum absolute atomic E-state index is 0.116. The van der Waals surface area contributed by atoms with Gasteiger partial charge < -0.3 is 39.4 Å². The third-order valence-corrected chi connectivity index (χ3v) is 12.9. The molecule has 0 aromatic carbocycles. The second-order valence-electron chi connectivity index (χ2n) is 18.0. The Morgan fingerprint density at radius 1 is 0.483 bits per heavy atom. The summed E-state index contributed by atoms with van der Waals surface area (Å²) in [5.41, 5.74) is -0.116. The molecule has 0 aromatic rings. The van der Waals surface area contributed by atoms with Gasteiger partial charge in [0.05, 0.1) is 52.9 Å². The molecule has 0 radical (unpaired) electrons. The maximum Gasteiger partial charge on any atom is 0.232 e. The van der Waals surface area contributed by atoms with E-state index in [1.165, 1.54) is 109 Å². The molecule has 12 heteroatoms. The summed E-state index contributed by atoms with van der Waals surface area (Å²) in [7, 11) is 0. The van der Waals surface area contributed by atoms with Gasteiger partial charge in [0.15, 0.2) is 0 Å². The maximum atomic E-state index is 13.3. The molecule has 2 N–H and O–H groups in total. The van der Waals surface area contributed by atoms with E-state index in [2.05, 4.69) is 17.6 Å². The molecule has 12 nitrogen and oxygen atoms in total. The molecule has 0 unspecified atom stereocenters. The number of carbonyl (C=O) groups is 4. The van der Waals surface area contributed by atoms with Crippen molar-refractivity contribution in [1.82, 2.24) is 20.4 Å². The van der Waals surface area contributed by atoms with Gasteiger partial charge in [0, 0.05) is 38.3 Å². The average Bonchev–Trinajstić information content (AvgIpc) is 3.18. The van der Waals surface area contributed by atoms with Crippen molar-refractivity contribution >= 4 is 23.6 Å². The number of unbranched alkanes of at least 4 members (excludes halogenated alkanes) is 15. The maximum absolute atomic E-state index is 13.3. The molecule has 4 amide bonds. The van der Waals surface area contributed by atoms with Gasteiger partial charge >= 0.3 is 0 Å². The number of nitrogens with zero attached hydrogens (tertiary/aromatic N) is 2. The molecule has 0 spiro atoms. The van der Waals surface area contributed by atoms with Crippen LogP contribution < -0.4 is 10.6 Å². The Morgan fingerprint density at radius 2 is 0.828 bits per heavy atom. The fraction of sp³-hybridized carbons (Fsp3) is 0.913. The highest BCUT2D eigenvalue weighted by Crippen LogP contribution is 2.55. The van der Waals surface area contributed by atoms with Gasteiger partial charge in [0.25, 0.3) is 0 Å². The standard InChI is InChI=1S/C46H82N4O8/c1-2-3-4-5-6-7-8-9-10-11-12-13-14-15-16-17-18-47-42(51)34-44(53)49-19-23-55-27-29-57-25-21-50(22-26-58-30-28-56-24-20-49)45(54)35-43(52)48-46-36-39-31-40(37-46)33-41(32-39)38-46/h39-41H,2-38H2,1H3,(H,47,51)(H,48,52). The lowest BCUT2D eigenvalue weighted by atomic mass is 9.53. The summed E-state index contributed by atoms with van der Waals surface area (Å²) in [4.78, 5) is 55.4. The van der Waals surface area contributed by atoms with Crippen LogP contribution in [0.2, 0.25) is 0 Å². The van der Waals surface area contributed by atoms with Crippen LogP contribution in [0, 0.1) is 17.8 Å². The van der Waals surface area contributed by atoms with E-state index in [1.54, 1.807) is 9.80 Å². The topological polar surface area (TPSA) is 136 Å². The molecule has 5 aliphatic rings. The van der Waals surface area contributed by atoms with Crippen molar-refractivity contribution in [2.75, 3.05) is 85.6 Å². The van der Waals surface area contributed by atoms with E-state index in [1.807, 2.05) is 0 Å². The van der Waals surface area contributed by atoms with Crippen LogP contribution in [0.3, 0.4) is 0 Å². The molecule has 4 bridgehead atoms. The molecule has 0 aromatic heterocycles. The van der Waals surface area contributed by atoms with Gasteiger partial charge in [-0.2, -0.15) is 0 Å².